The van der Waals surface area contributed by atoms with Crippen LogP contribution < -0.4 is 10.0 Å². The Morgan fingerprint density at radius 1 is 1.05 bits per heavy atom. The van der Waals surface area contributed by atoms with Gasteiger partial charge in [-0.3, -0.25) is 4.79 Å². The maximum absolute atomic E-state index is 14.4. The van der Waals surface area contributed by atoms with E-state index in [1.807, 2.05) is 4.57 Å². The first-order valence-electron chi connectivity index (χ1n) is 14.1. The summed E-state index contributed by atoms with van der Waals surface area (Å²) < 4.78 is 78.9. The standard InChI is InChI=1S/C29H39ClF3N3O4S/c1-18-22(27(37)34-21-10-12-40-13-11-21)16-25(36(18)17-19-8-6-5-7-9-19)20-14-23(29(31,32)33)26(24(30)15-20)41(38,39)35-28(2,3)4/h14-16,19,21,35H,5-13,17H2,1-4H3,(H,34,37). The molecular weight excluding hydrogens is 579 g/mol. The molecule has 2 N–H and O–H groups in total. The minimum absolute atomic E-state index is 0.0492. The molecule has 1 saturated carbocycles. The molecule has 2 fully saturated rings. The van der Waals surface area contributed by atoms with Crippen molar-refractivity contribution in [2.24, 2.45) is 5.92 Å². The zero-order chi connectivity index (χ0) is 30.2. The van der Waals surface area contributed by atoms with E-state index in [9.17, 15) is 26.4 Å². The number of amides is 1. The number of hydrogen-bond acceptors (Lipinski definition) is 4. The number of sulfonamides is 1. The number of nitrogens with one attached hydrogen (secondary N) is 2. The summed E-state index contributed by atoms with van der Waals surface area (Å²) in [6.45, 7) is 8.04. The van der Waals surface area contributed by atoms with Crippen molar-refractivity contribution in [3.05, 3.63) is 40.0 Å². The molecule has 1 aromatic carbocycles. The summed E-state index contributed by atoms with van der Waals surface area (Å²) in [6, 6.07) is 3.63. The number of halogens is 4. The first-order valence-corrected chi connectivity index (χ1v) is 16.0. The van der Waals surface area contributed by atoms with Crippen molar-refractivity contribution in [3.8, 4) is 11.3 Å². The molecule has 0 spiro atoms. The Kier molecular flexibility index (Phi) is 9.53. The summed E-state index contributed by atoms with van der Waals surface area (Å²) in [5.41, 5.74) is -0.870. The predicted molar refractivity (Wildman–Crippen MR) is 153 cm³/mol. The highest BCUT2D eigenvalue weighted by Crippen LogP contribution is 2.42. The van der Waals surface area contributed by atoms with Gasteiger partial charge in [-0.05, 0) is 77.5 Å². The van der Waals surface area contributed by atoms with E-state index in [0.717, 1.165) is 38.2 Å². The summed E-state index contributed by atoms with van der Waals surface area (Å²) in [4.78, 5) is 12.4. The van der Waals surface area contributed by atoms with Crippen LogP contribution >= 0.6 is 11.6 Å². The Balaban J connectivity index is 1.83. The third kappa shape index (κ3) is 7.66. The van der Waals surface area contributed by atoms with E-state index >= 15 is 0 Å². The van der Waals surface area contributed by atoms with Crippen molar-refractivity contribution >= 4 is 27.5 Å². The van der Waals surface area contributed by atoms with Gasteiger partial charge in [0.15, 0.2) is 0 Å². The number of nitrogens with zero attached hydrogens (tertiary/aromatic N) is 1. The summed E-state index contributed by atoms with van der Waals surface area (Å²) >= 11 is 6.37. The largest absolute Gasteiger partial charge is 0.417 e. The van der Waals surface area contributed by atoms with Crippen LogP contribution in [0.3, 0.4) is 0 Å². The lowest BCUT2D eigenvalue weighted by Crippen LogP contribution is -2.41. The molecule has 2 aliphatic rings. The smallest absolute Gasteiger partial charge is 0.381 e. The van der Waals surface area contributed by atoms with E-state index in [1.165, 1.54) is 26.8 Å². The summed E-state index contributed by atoms with van der Waals surface area (Å²) in [7, 11) is -4.61. The van der Waals surface area contributed by atoms with Gasteiger partial charge in [0.05, 0.1) is 16.1 Å². The van der Waals surface area contributed by atoms with Gasteiger partial charge in [-0.2, -0.15) is 13.2 Å². The first kappa shape index (κ1) is 31.8. The Morgan fingerprint density at radius 3 is 2.27 bits per heavy atom. The third-order valence-electron chi connectivity index (χ3n) is 7.69. The highest BCUT2D eigenvalue weighted by molar-refractivity contribution is 7.89. The first-order chi connectivity index (χ1) is 19.1. The van der Waals surface area contributed by atoms with Gasteiger partial charge in [-0.1, -0.05) is 30.9 Å². The normalized spacial score (nSPS) is 18.0. The molecule has 0 unspecified atom stereocenters. The number of hydrogen-bond donors (Lipinski definition) is 2. The second kappa shape index (κ2) is 12.3. The highest BCUT2D eigenvalue weighted by Gasteiger charge is 2.40. The van der Waals surface area contributed by atoms with E-state index < -0.39 is 37.2 Å². The molecule has 41 heavy (non-hydrogen) atoms. The molecule has 0 radical (unpaired) electrons. The highest BCUT2D eigenvalue weighted by atomic mass is 35.5. The average molecular weight is 618 g/mol. The van der Waals surface area contributed by atoms with Crippen LogP contribution in [0.2, 0.25) is 5.02 Å². The van der Waals surface area contributed by atoms with Gasteiger partial charge in [-0.25, -0.2) is 13.1 Å². The fraction of sp³-hybridized carbons (Fsp3) is 0.621. The minimum Gasteiger partial charge on any atom is -0.381 e. The van der Waals surface area contributed by atoms with Gasteiger partial charge in [0.25, 0.3) is 5.91 Å². The van der Waals surface area contributed by atoms with E-state index in [0.29, 0.717) is 55.5 Å². The summed E-state index contributed by atoms with van der Waals surface area (Å²) in [5.74, 6) is 0.0157. The molecule has 228 valence electrons. The van der Waals surface area contributed by atoms with Crippen LogP contribution in [-0.4, -0.2) is 43.7 Å². The molecule has 0 bridgehead atoms. The van der Waals surface area contributed by atoms with E-state index in [-0.39, 0.29) is 17.5 Å². The van der Waals surface area contributed by atoms with Gasteiger partial charge in [-0.15, -0.1) is 0 Å². The number of ether oxygens (including phenoxy) is 1. The van der Waals surface area contributed by atoms with Crippen molar-refractivity contribution in [2.45, 2.75) is 102 Å². The van der Waals surface area contributed by atoms with Crippen molar-refractivity contribution in [1.29, 1.82) is 0 Å². The molecule has 0 atom stereocenters. The molecular formula is C29H39ClF3N3O4S. The summed E-state index contributed by atoms with van der Waals surface area (Å²) in [5, 5.41) is 2.50. The molecule has 1 amide bonds. The SMILES string of the molecule is Cc1c(C(=O)NC2CCOCC2)cc(-c2cc(Cl)c(S(=O)(=O)NC(C)(C)C)c(C(F)(F)F)c2)n1CC1CCCCC1. The lowest BCUT2D eigenvalue weighted by atomic mass is 9.89. The number of carbonyl (C=O) groups is 1. The number of benzene rings is 1. The molecule has 7 nitrogen and oxygen atoms in total. The van der Waals surface area contributed by atoms with Crippen molar-refractivity contribution in [1.82, 2.24) is 14.6 Å². The maximum Gasteiger partial charge on any atom is 0.417 e. The van der Waals surface area contributed by atoms with E-state index in [4.69, 9.17) is 16.3 Å². The quantitative estimate of drug-likeness (QED) is 0.362. The molecule has 1 saturated heterocycles. The molecule has 12 heteroatoms. The van der Waals surface area contributed by atoms with Gasteiger partial charge in [0.1, 0.15) is 4.90 Å². The Morgan fingerprint density at radius 2 is 1.68 bits per heavy atom. The van der Waals surface area contributed by atoms with Crippen LogP contribution in [0.4, 0.5) is 13.2 Å². The fourth-order valence-electron chi connectivity index (χ4n) is 5.76. The lowest BCUT2D eigenvalue weighted by molar-refractivity contribution is -0.139. The van der Waals surface area contributed by atoms with Crippen LogP contribution in [0.5, 0.6) is 0 Å². The van der Waals surface area contributed by atoms with Crippen LogP contribution in [0.15, 0.2) is 23.1 Å². The molecule has 2 aromatic rings. The number of rotatable bonds is 7. The fourth-order valence-corrected chi connectivity index (χ4v) is 7.97. The molecule has 4 rings (SSSR count). The van der Waals surface area contributed by atoms with E-state index in [2.05, 4.69) is 10.0 Å². The zero-order valence-electron chi connectivity index (χ0n) is 24.0. The molecule has 1 aliphatic carbocycles. The lowest BCUT2D eigenvalue weighted by Gasteiger charge is -2.25. The van der Waals surface area contributed by atoms with Crippen LogP contribution in [0.1, 0.15) is 87.3 Å². The van der Waals surface area contributed by atoms with Crippen molar-refractivity contribution in [3.63, 3.8) is 0 Å². The Bertz CT molecular complexity index is 1370. The van der Waals surface area contributed by atoms with Gasteiger partial charge < -0.3 is 14.6 Å². The van der Waals surface area contributed by atoms with Crippen LogP contribution in [0, 0.1) is 12.8 Å². The minimum atomic E-state index is -5.00. The number of carbonyl (C=O) groups excluding carboxylic acids is 1. The topological polar surface area (TPSA) is 89.4 Å². The van der Waals surface area contributed by atoms with E-state index in [1.54, 1.807) is 13.0 Å². The Labute approximate surface area is 245 Å². The van der Waals surface area contributed by atoms with Gasteiger partial charge in [0, 0.05) is 48.3 Å². The Hall–Kier alpha value is -2.08. The van der Waals surface area contributed by atoms with Gasteiger partial charge >= 0.3 is 6.18 Å². The molecule has 1 aliphatic heterocycles. The number of alkyl halides is 3. The third-order valence-corrected chi connectivity index (χ3v) is 9.96. The average Bonchev–Trinajstić information content (AvgIpc) is 3.18. The molecule has 1 aromatic heterocycles. The second-order valence-corrected chi connectivity index (χ2v) is 14.2. The zero-order valence-corrected chi connectivity index (χ0v) is 25.5. The van der Waals surface area contributed by atoms with Crippen LogP contribution in [-0.2, 0) is 27.5 Å². The van der Waals surface area contributed by atoms with Crippen LogP contribution in [0.25, 0.3) is 11.3 Å². The van der Waals surface area contributed by atoms with Crippen molar-refractivity contribution in [2.75, 3.05) is 13.2 Å². The van der Waals surface area contributed by atoms with Gasteiger partial charge in [0.2, 0.25) is 10.0 Å². The molecule has 2 heterocycles. The monoisotopic (exact) mass is 617 g/mol. The maximum atomic E-state index is 14.4. The second-order valence-electron chi connectivity index (χ2n) is 12.2. The van der Waals surface area contributed by atoms with Crippen molar-refractivity contribution < 1.29 is 31.1 Å². The predicted octanol–water partition coefficient (Wildman–Crippen LogP) is 6.70. The number of aromatic nitrogens is 1. The summed E-state index contributed by atoms with van der Waals surface area (Å²) in [6.07, 6.45) is 1.66.